The van der Waals surface area contributed by atoms with Gasteiger partial charge in [-0.25, -0.2) is 0 Å². The molecule has 1 amide bonds. The molecule has 1 aromatic heterocycles. The van der Waals surface area contributed by atoms with E-state index in [1.807, 2.05) is 4.90 Å². The van der Waals surface area contributed by atoms with E-state index in [0.29, 0.717) is 12.3 Å². The number of hydrogen-bond donors (Lipinski definition) is 0. The molecule has 122 valence electrons. The molecular formula is C18H21NOS3. The van der Waals surface area contributed by atoms with Crippen molar-refractivity contribution >= 4 is 44.5 Å². The number of hydrogen-bond acceptors (Lipinski definition) is 4. The van der Waals surface area contributed by atoms with E-state index in [4.69, 9.17) is 12.2 Å². The van der Waals surface area contributed by atoms with Crippen molar-refractivity contribution in [2.45, 2.75) is 46.6 Å². The number of carbonyl (C=O) groups excluding carboxylic acids is 1. The summed E-state index contributed by atoms with van der Waals surface area (Å²) < 4.78 is 0.931. The fourth-order valence-electron chi connectivity index (χ4n) is 3.23. The Balaban J connectivity index is 2.27. The third-order valence-corrected chi connectivity index (χ3v) is 7.57. The van der Waals surface area contributed by atoms with Crippen LogP contribution in [0.15, 0.2) is 18.2 Å². The summed E-state index contributed by atoms with van der Waals surface area (Å²) in [5.41, 5.74) is 4.10. The summed E-state index contributed by atoms with van der Waals surface area (Å²) in [6, 6.07) is 6.31. The largest absolute Gasteiger partial charge is 0.301 e. The topological polar surface area (TPSA) is 20.3 Å². The van der Waals surface area contributed by atoms with Crippen molar-refractivity contribution in [2.75, 3.05) is 4.90 Å². The van der Waals surface area contributed by atoms with Crippen LogP contribution in [0.1, 0.15) is 44.6 Å². The molecule has 0 spiro atoms. The highest BCUT2D eigenvalue weighted by Crippen LogP contribution is 2.52. The van der Waals surface area contributed by atoms with E-state index in [1.54, 1.807) is 20.7 Å². The lowest BCUT2D eigenvalue weighted by Crippen LogP contribution is -2.48. The summed E-state index contributed by atoms with van der Waals surface area (Å²) in [6.45, 7) is 10.5. The number of amides is 1. The molecule has 3 rings (SSSR count). The number of aryl methyl sites for hydroxylation is 1. The molecule has 0 saturated heterocycles. The number of nitrogens with zero attached hydrogens (tertiary/aromatic N) is 1. The van der Waals surface area contributed by atoms with Gasteiger partial charge in [-0.2, -0.15) is 0 Å². The van der Waals surface area contributed by atoms with E-state index in [0.717, 1.165) is 20.6 Å². The lowest BCUT2D eigenvalue weighted by molar-refractivity contribution is -0.120. The van der Waals surface area contributed by atoms with Gasteiger partial charge in [0.15, 0.2) is 0 Å². The van der Waals surface area contributed by atoms with Gasteiger partial charge in [0.25, 0.3) is 0 Å². The van der Waals surface area contributed by atoms with Crippen molar-refractivity contribution in [2.24, 2.45) is 5.92 Å². The molecule has 0 aliphatic carbocycles. The first-order chi connectivity index (χ1) is 10.7. The number of rotatable bonds is 2. The van der Waals surface area contributed by atoms with Crippen molar-refractivity contribution in [3.8, 4) is 11.1 Å². The van der Waals surface area contributed by atoms with Crippen molar-refractivity contribution in [1.29, 1.82) is 0 Å². The first kappa shape index (κ1) is 16.8. The molecule has 0 saturated carbocycles. The Labute approximate surface area is 150 Å². The Kier molecular flexibility index (Phi) is 4.23. The van der Waals surface area contributed by atoms with Crippen LogP contribution in [-0.2, 0) is 10.3 Å². The van der Waals surface area contributed by atoms with Crippen molar-refractivity contribution in [1.82, 2.24) is 0 Å². The normalized spacial score (nSPS) is 15.5. The van der Waals surface area contributed by atoms with E-state index in [2.05, 4.69) is 52.8 Å². The molecule has 1 aromatic carbocycles. The van der Waals surface area contributed by atoms with Crippen LogP contribution >= 0.6 is 32.9 Å². The minimum absolute atomic E-state index is 0.185. The molecule has 2 nitrogen and oxygen atoms in total. The van der Waals surface area contributed by atoms with Crippen LogP contribution in [0.4, 0.5) is 5.69 Å². The summed E-state index contributed by atoms with van der Waals surface area (Å²) in [7, 11) is 3.35. The van der Waals surface area contributed by atoms with Gasteiger partial charge in [0.05, 0.1) is 16.1 Å². The van der Waals surface area contributed by atoms with Gasteiger partial charge in [0.1, 0.15) is 3.82 Å². The fourth-order valence-corrected chi connectivity index (χ4v) is 6.51. The smallest absolute Gasteiger partial charge is 0.228 e. The third-order valence-electron chi connectivity index (χ3n) is 4.24. The van der Waals surface area contributed by atoms with Gasteiger partial charge in [-0.3, -0.25) is 4.79 Å². The summed E-state index contributed by atoms with van der Waals surface area (Å²) >= 11 is 5.59. The van der Waals surface area contributed by atoms with E-state index in [-0.39, 0.29) is 11.4 Å². The highest BCUT2D eigenvalue weighted by molar-refractivity contribution is 7.80. The van der Waals surface area contributed by atoms with Crippen LogP contribution < -0.4 is 4.90 Å². The van der Waals surface area contributed by atoms with Crippen LogP contribution in [0.2, 0.25) is 0 Å². The van der Waals surface area contributed by atoms with Crippen LogP contribution in [0, 0.1) is 16.7 Å². The molecule has 0 fully saturated rings. The van der Waals surface area contributed by atoms with Gasteiger partial charge in [-0.1, -0.05) is 58.4 Å². The standard InChI is InChI=1S/C18H21NOS3/c1-10(2)8-14(20)19-13-7-6-11(3)9-12(13)15-16(18(19,4)5)22-23-17(15)21/h6-7,9-10H,8H2,1-5H3. The first-order valence-corrected chi connectivity index (χ1v) is 10.4. The van der Waals surface area contributed by atoms with E-state index >= 15 is 0 Å². The molecule has 0 bridgehead atoms. The molecule has 1 aliphatic heterocycles. The first-order valence-electron chi connectivity index (χ1n) is 7.81. The van der Waals surface area contributed by atoms with E-state index < -0.39 is 0 Å². The average Bonchev–Trinajstić information content (AvgIpc) is 2.82. The minimum atomic E-state index is -0.359. The summed E-state index contributed by atoms with van der Waals surface area (Å²) in [6.07, 6.45) is 0.557. The molecule has 0 unspecified atom stereocenters. The summed E-state index contributed by atoms with van der Waals surface area (Å²) in [5.74, 6) is 0.527. The second kappa shape index (κ2) is 5.80. The Bertz CT molecular complexity index is 829. The molecule has 23 heavy (non-hydrogen) atoms. The van der Waals surface area contributed by atoms with Crippen LogP contribution in [0.5, 0.6) is 0 Å². The molecular weight excluding hydrogens is 342 g/mol. The van der Waals surface area contributed by atoms with Crippen LogP contribution in [-0.4, -0.2) is 5.91 Å². The fraction of sp³-hybridized carbons (Fsp3) is 0.444. The maximum absolute atomic E-state index is 13.0. The molecule has 2 heterocycles. The number of carbonyl (C=O) groups is 1. The quantitative estimate of drug-likeness (QED) is 0.471. The molecule has 0 atom stereocenters. The van der Waals surface area contributed by atoms with Gasteiger partial charge in [0.2, 0.25) is 5.91 Å². The molecule has 2 aromatic rings. The van der Waals surface area contributed by atoms with Crippen molar-refractivity contribution in [3.63, 3.8) is 0 Å². The number of fused-ring (bicyclic) bond motifs is 3. The summed E-state index contributed by atoms with van der Waals surface area (Å²) in [5, 5.41) is 0. The van der Waals surface area contributed by atoms with Gasteiger partial charge >= 0.3 is 0 Å². The molecule has 0 N–H and O–H groups in total. The highest BCUT2D eigenvalue weighted by Gasteiger charge is 2.42. The minimum Gasteiger partial charge on any atom is -0.301 e. The Morgan fingerprint density at radius 3 is 2.65 bits per heavy atom. The van der Waals surface area contributed by atoms with Crippen molar-refractivity contribution in [3.05, 3.63) is 32.5 Å². The average molecular weight is 364 g/mol. The number of anilines is 1. The predicted octanol–water partition coefficient (Wildman–Crippen LogP) is 6.14. The number of benzene rings is 1. The maximum Gasteiger partial charge on any atom is 0.228 e. The summed E-state index contributed by atoms with van der Waals surface area (Å²) in [4.78, 5) is 16.2. The van der Waals surface area contributed by atoms with Gasteiger partial charge in [0, 0.05) is 17.5 Å². The second-order valence-electron chi connectivity index (χ2n) is 7.06. The van der Waals surface area contributed by atoms with Crippen molar-refractivity contribution < 1.29 is 4.79 Å². The zero-order valence-corrected chi connectivity index (χ0v) is 16.5. The molecule has 5 heteroatoms. The highest BCUT2D eigenvalue weighted by atomic mass is 32.9. The third kappa shape index (κ3) is 2.69. The zero-order valence-electron chi connectivity index (χ0n) is 14.1. The molecule has 0 radical (unpaired) electrons. The Morgan fingerprint density at radius 1 is 1.30 bits per heavy atom. The Hall–Kier alpha value is -1.04. The van der Waals surface area contributed by atoms with E-state index in [1.165, 1.54) is 10.4 Å². The SMILES string of the molecule is Cc1ccc2c(c1)-c1c(ssc1=S)C(C)(C)N2C(=O)CC(C)C. The molecule has 1 aliphatic rings. The monoisotopic (exact) mass is 363 g/mol. The van der Waals surface area contributed by atoms with Crippen LogP contribution in [0.25, 0.3) is 11.1 Å². The lowest BCUT2D eigenvalue weighted by Gasteiger charge is -2.43. The van der Waals surface area contributed by atoms with Gasteiger partial charge in [-0.15, -0.1) is 0 Å². The maximum atomic E-state index is 13.0. The van der Waals surface area contributed by atoms with Gasteiger partial charge < -0.3 is 4.90 Å². The zero-order chi connectivity index (χ0) is 16.9. The van der Waals surface area contributed by atoms with Gasteiger partial charge in [-0.05, 0) is 38.8 Å². The second-order valence-corrected chi connectivity index (χ2v) is 9.88. The van der Waals surface area contributed by atoms with Crippen LogP contribution in [0.3, 0.4) is 0 Å². The van der Waals surface area contributed by atoms with E-state index in [9.17, 15) is 4.79 Å². The predicted molar refractivity (Wildman–Crippen MR) is 103 cm³/mol. The lowest BCUT2D eigenvalue weighted by atomic mass is 9.86. The Morgan fingerprint density at radius 2 is 2.00 bits per heavy atom.